The minimum Gasteiger partial charge on any atom is -0.378 e. The summed E-state index contributed by atoms with van der Waals surface area (Å²) in [4.78, 5) is 15.2. The van der Waals surface area contributed by atoms with Crippen LogP contribution in [0.15, 0.2) is 30.3 Å². The Balaban J connectivity index is 1.45. The highest BCUT2D eigenvalue weighted by Crippen LogP contribution is 2.35. The lowest BCUT2D eigenvalue weighted by Crippen LogP contribution is -2.47. The Hall–Kier alpha value is -2.18. The van der Waals surface area contributed by atoms with E-state index < -0.39 is 10.0 Å². The molecule has 0 radical (unpaired) electrons. The molecule has 2 saturated heterocycles. The van der Waals surface area contributed by atoms with Crippen LogP contribution in [0, 0.1) is 5.82 Å². The van der Waals surface area contributed by atoms with E-state index in [-0.39, 0.29) is 5.82 Å². The number of rotatable bonds is 5. The lowest BCUT2D eigenvalue weighted by atomic mass is 10.2. The number of aromatic nitrogens is 2. The number of hydrogen-bond donors (Lipinski definition) is 0. The molecule has 0 atom stereocenters. The molecule has 0 bridgehead atoms. The van der Waals surface area contributed by atoms with Crippen LogP contribution in [0.2, 0.25) is 0 Å². The SMILES string of the molecule is CS(=O)(=O)N1CCN(Cc2cc3nc(-c4cccc(F)c4)nc(N4CCOCC4)c3s2)CC1. The molecular formula is C22H26FN5O3S2. The molecule has 0 saturated carbocycles. The second-order valence-electron chi connectivity index (χ2n) is 8.35. The van der Waals surface area contributed by atoms with Gasteiger partial charge in [-0.25, -0.2) is 22.8 Å². The maximum Gasteiger partial charge on any atom is 0.211 e. The van der Waals surface area contributed by atoms with Gasteiger partial charge < -0.3 is 9.64 Å². The lowest BCUT2D eigenvalue weighted by molar-refractivity contribution is 0.122. The zero-order valence-electron chi connectivity index (χ0n) is 18.4. The van der Waals surface area contributed by atoms with Crippen LogP contribution >= 0.6 is 11.3 Å². The molecular weight excluding hydrogens is 465 g/mol. The number of anilines is 1. The largest absolute Gasteiger partial charge is 0.378 e. The number of ether oxygens (including phenoxy) is 1. The topological polar surface area (TPSA) is 78.9 Å². The van der Waals surface area contributed by atoms with Crippen molar-refractivity contribution in [3.05, 3.63) is 41.0 Å². The van der Waals surface area contributed by atoms with Gasteiger partial charge in [0.25, 0.3) is 0 Å². The fourth-order valence-electron chi connectivity index (χ4n) is 4.23. The molecule has 8 nitrogen and oxygen atoms in total. The second-order valence-corrected chi connectivity index (χ2v) is 11.5. The fourth-order valence-corrected chi connectivity index (χ4v) is 6.21. The van der Waals surface area contributed by atoms with E-state index in [1.165, 1.54) is 22.7 Å². The highest BCUT2D eigenvalue weighted by molar-refractivity contribution is 7.88. The van der Waals surface area contributed by atoms with Crippen molar-refractivity contribution in [2.24, 2.45) is 0 Å². The summed E-state index contributed by atoms with van der Waals surface area (Å²) in [6.07, 6.45) is 1.26. The van der Waals surface area contributed by atoms with Gasteiger partial charge in [0.1, 0.15) is 5.82 Å². The molecule has 2 aliphatic heterocycles. The number of piperazine rings is 1. The van der Waals surface area contributed by atoms with E-state index in [9.17, 15) is 12.8 Å². The van der Waals surface area contributed by atoms with Crippen LogP contribution < -0.4 is 4.90 Å². The van der Waals surface area contributed by atoms with Gasteiger partial charge >= 0.3 is 0 Å². The monoisotopic (exact) mass is 491 g/mol. The molecule has 0 aliphatic carbocycles. The summed E-state index contributed by atoms with van der Waals surface area (Å²) in [7, 11) is -3.15. The summed E-state index contributed by atoms with van der Waals surface area (Å²) in [5.41, 5.74) is 1.50. The van der Waals surface area contributed by atoms with E-state index in [1.807, 2.05) is 6.07 Å². The number of halogens is 1. The van der Waals surface area contributed by atoms with Crippen molar-refractivity contribution in [3.8, 4) is 11.4 Å². The molecule has 1 aromatic carbocycles. The van der Waals surface area contributed by atoms with Crippen LogP contribution in [-0.2, 0) is 21.3 Å². The molecule has 4 heterocycles. The Morgan fingerprint density at radius 3 is 2.52 bits per heavy atom. The first-order valence-electron chi connectivity index (χ1n) is 10.9. The van der Waals surface area contributed by atoms with Crippen LogP contribution in [0.25, 0.3) is 21.6 Å². The van der Waals surface area contributed by atoms with Crippen molar-refractivity contribution >= 4 is 37.4 Å². The van der Waals surface area contributed by atoms with Crippen molar-refractivity contribution in [3.63, 3.8) is 0 Å². The van der Waals surface area contributed by atoms with E-state index in [1.54, 1.807) is 17.4 Å². The number of benzene rings is 1. The first-order chi connectivity index (χ1) is 15.9. The molecule has 5 rings (SSSR count). The minimum absolute atomic E-state index is 0.316. The summed E-state index contributed by atoms with van der Waals surface area (Å²) in [6.45, 7) is 5.91. The third-order valence-corrected chi connectivity index (χ3v) is 8.39. The van der Waals surface area contributed by atoms with Crippen LogP contribution in [0.1, 0.15) is 4.88 Å². The molecule has 0 unspecified atom stereocenters. The number of fused-ring (bicyclic) bond motifs is 1. The Labute approximate surface area is 196 Å². The van der Waals surface area contributed by atoms with Gasteiger partial charge in [0.2, 0.25) is 10.0 Å². The van der Waals surface area contributed by atoms with Gasteiger partial charge in [-0.05, 0) is 18.2 Å². The Morgan fingerprint density at radius 2 is 1.82 bits per heavy atom. The average Bonchev–Trinajstić information content (AvgIpc) is 3.21. The van der Waals surface area contributed by atoms with Crippen LogP contribution in [-0.4, -0.2) is 86.3 Å². The number of thiophene rings is 1. The molecule has 0 amide bonds. The average molecular weight is 492 g/mol. The van der Waals surface area contributed by atoms with Crippen molar-refractivity contribution in [1.29, 1.82) is 0 Å². The molecule has 0 N–H and O–H groups in total. The molecule has 33 heavy (non-hydrogen) atoms. The molecule has 11 heteroatoms. The van der Waals surface area contributed by atoms with Gasteiger partial charge in [-0.1, -0.05) is 12.1 Å². The summed E-state index contributed by atoms with van der Waals surface area (Å²) in [5, 5.41) is 0. The third-order valence-electron chi connectivity index (χ3n) is 5.98. The quantitative estimate of drug-likeness (QED) is 0.542. The van der Waals surface area contributed by atoms with Crippen molar-refractivity contribution < 1.29 is 17.5 Å². The van der Waals surface area contributed by atoms with Crippen molar-refractivity contribution in [1.82, 2.24) is 19.2 Å². The van der Waals surface area contributed by atoms with Gasteiger partial charge in [0.15, 0.2) is 11.6 Å². The summed E-state index contributed by atoms with van der Waals surface area (Å²) < 4.78 is 45.5. The highest BCUT2D eigenvalue weighted by Gasteiger charge is 2.25. The molecule has 2 fully saturated rings. The van der Waals surface area contributed by atoms with Gasteiger partial charge in [-0.15, -0.1) is 11.3 Å². The lowest BCUT2D eigenvalue weighted by Gasteiger charge is -2.32. The second kappa shape index (κ2) is 9.22. The van der Waals surface area contributed by atoms with Crippen LogP contribution in [0.3, 0.4) is 0 Å². The summed E-state index contributed by atoms with van der Waals surface area (Å²) >= 11 is 1.67. The van der Waals surface area contributed by atoms with Crippen molar-refractivity contribution in [2.75, 3.05) is 63.6 Å². The highest BCUT2D eigenvalue weighted by atomic mass is 32.2. The summed E-state index contributed by atoms with van der Waals surface area (Å²) in [6, 6.07) is 8.44. The maximum atomic E-state index is 13.9. The van der Waals surface area contributed by atoms with E-state index in [0.717, 1.165) is 40.5 Å². The number of hydrogen-bond acceptors (Lipinski definition) is 8. The number of morpholine rings is 1. The third kappa shape index (κ3) is 5.02. The fraction of sp³-hybridized carbons (Fsp3) is 0.455. The number of sulfonamides is 1. The van der Waals surface area contributed by atoms with E-state index in [0.29, 0.717) is 50.8 Å². The van der Waals surface area contributed by atoms with Gasteiger partial charge in [0, 0.05) is 56.3 Å². The van der Waals surface area contributed by atoms with Crippen LogP contribution in [0.4, 0.5) is 10.2 Å². The molecule has 2 aromatic heterocycles. The Bertz CT molecular complexity index is 1250. The first kappa shape index (κ1) is 22.6. The first-order valence-corrected chi connectivity index (χ1v) is 13.6. The van der Waals surface area contributed by atoms with Crippen molar-refractivity contribution in [2.45, 2.75) is 6.54 Å². The van der Waals surface area contributed by atoms with Gasteiger partial charge in [-0.2, -0.15) is 4.31 Å². The van der Waals surface area contributed by atoms with E-state index in [4.69, 9.17) is 14.7 Å². The molecule has 3 aromatic rings. The van der Waals surface area contributed by atoms with E-state index >= 15 is 0 Å². The zero-order valence-corrected chi connectivity index (χ0v) is 20.0. The predicted molar refractivity (Wildman–Crippen MR) is 128 cm³/mol. The van der Waals surface area contributed by atoms with Crippen LogP contribution in [0.5, 0.6) is 0 Å². The Kier molecular flexibility index (Phi) is 6.32. The molecule has 2 aliphatic rings. The smallest absolute Gasteiger partial charge is 0.211 e. The van der Waals surface area contributed by atoms with E-state index in [2.05, 4.69) is 15.9 Å². The van der Waals surface area contributed by atoms with Gasteiger partial charge in [-0.3, -0.25) is 4.90 Å². The minimum atomic E-state index is -3.15. The predicted octanol–water partition coefficient (Wildman–Crippen LogP) is 2.41. The standard InChI is InChI=1S/C22H26FN5O3S2/c1-33(29,30)28-7-5-26(6-8-28)15-18-14-19-20(32-18)22(27-9-11-31-12-10-27)25-21(24-19)16-3-2-4-17(23)13-16/h2-4,13-14H,5-12,15H2,1H3. The molecule has 0 spiro atoms. The Morgan fingerprint density at radius 1 is 1.06 bits per heavy atom. The number of nitrogens with zero attached hydrogens (tertiary/aromatic N) is 5. The maximum absolute atomic E-state index is 13.9. The molecule has 176 valence electrons. The van der Waals surface area contributed by atoms with Gasteiger partial charge in [0.05, 0.1) is 29.7 Å². The normalized spacial score (nSPS) is 18.8. The zero-order chi connectivity index (χ0) is 23.0. The summed E-state index contributed by atoms with van der Waals surface area (Å²) in [5.74, 6) is 1.05.